The zero-order valence-electron chi connectivity index (χ0n) is 13.2. The molecule has 1 aliphatic heterocycles. The SMILES string of the molecule is CC(=O)N1CCN(C(=O)CCNc2cnn(C)c(=O)c2Br)CC1. The molecule has 0 atom stereocenters. The first-order valence-corrected chi connectivity index (χ1v) is 8.18. The minimum Gasteiger partial charge on any atom is -0.382 e. The van der Waals surface area contributed by atoms with Gasteiger partial charge in [0.05, 0.1) is 11.9 Å². The van der Waals surface area contributed by atoms with E-state index in [4.69, 9.17) is 0 Å². The topological polar surface area (TPSA) is 87.5 Å². The first-order valence-electron chi connectivity index (χ1n) is 7.39. The van der Waals surface area contributed by atoms with Gasteiger partial charge in [-0.2, -0.15) is 5.10 Å². The van der Waals surface area contributed by atoms with E-state index in [1.54, 1.807) is 23.0 Å². The molecule has 1 aromatic heterocycles. The third-order valence-corrected chi connectivity index (χ3v) is 4.58. The van der Waals surface area contributed by atoms with Crippen molar-refractivity contribution in [1.82, 2.24) is 19.6 Å². The fourth-order valence-corrected chi connectivity index (χ4v) is 2.87. The highest BCUT2D eigenvalue weighted by Gasteiger charge is 2.21. The van der Waals surface area contributed by atoms with Crippen LogP contribution in [0.2, 0.25) is 0 Å². The molecule has 1 aliphatic rings. The van der Waals surface area contributed by atoms with Crippen LogP contribution in [0.1, 0.15) is 13.3 Å². The molecule has 0 spiro atoms. The minimum absolute atomic E-state index is 0.0358. The van der Waals surface area contributed by atoms with Crippen LogP contribution in [-0.2, 0) is 16.6 Å². The number of aryl methyl sites for hydroxylation is 1. The van der Waals surface area contributed by atoms with Crippen molar-refractivity contribution in [2.24, 2.45) is 7.05 Å². The van der Waals surface area contributed by atoms with E-state index in [2.05, 4.69) is 26.3 Å². The van der Waals surface area contributed by atoms with E-state index in [0.29, 0.717) is 49.3 Å². The van der Waals surface area contributed by atoms with E-state index in [-0.39, 0.29) is 17.4 Å². The van der Waals surface area contributed by atoms with Gasteiger partial charge in [0.25, 0.3) is 5.56 Å². The second kappa shape index (κ2) is 7.58. The van der Waals surface area contributed by atoms with Crippen molar-refractivity contribution in [2.45, 2.75) is 13.3 Å². The Morgan fingerprint density at radius 3 is 2.48 bits per heavy atom. The standard InChI is InChI=1S/C14H20BrN5O3/c1-10(21)19-5-7-20(8-6-19)12(22)3-4-16-11-9-17-18(2)14(23)13(11)15/h9,16H,3-8H2,1-2H3. The number of halogens is 1. The van der Waals surface area contributed by atoms with E-state index in [0.717, 1.165) is 0 Å². The smallest absolute Gasteiger partial charge is 0.282 e. The van der Waals surface area contributed by atoms with Gasteiger partial charge in [0.2, 0.25) is 11.8 Å². The molecular formula is C14H20BrN5O3. The maximum Gasteiger partial charge on any atom is 0.282 e. The average Bonchev–Trinajstić information content (AvgIpc) is 2.54. The number of nitrogens with zero attached hydrogens (tertiary/aromatic N) is 4. The summed E-state index contributed by atoms with van der Waals surface area (Å²) in [4.78, 5) is 38.7. The molecule has 1 fully saturated rings. The number of anilines is 1. The largest absolute Gasteiger partial charge is 0.382 e. The molecule has 0 aliphatic carbocycles. The van der Waals surface area contributed by atoms with Gasteiger partial charge in [-0.3, -0.25) is 14.4 Å². The molecule has 2 rings (SSSR count). The Kier molecular flexibility index (Phi) is 5.75. The van der Waals surface area contributed by atoms with E-state index >= 15 is 0 Å². The van der Waals surface area contributed by atoms with Gasteiger partial charge < -0.3 is 15.1 Å². The molecule has 1 saturated heterocycles. The highest BCUT2D eigenvalue weighted by Crippen LogP contribution is 2.15. The first-order chi connectivity index (χ1) is 10.9. The van der Waals surface area contributed by atoms with Crippen LogP contribution in [0.25, 0.3) is 0 Å². The molecule has 23 heavy (non-hydrogen) atoms. The highest BCUT2D eigenvalue weighted by atomic mass is 79.9. The van der Waals surface area contributed by atoms with Gasteiger partial charge in [0, 0.05) is 53.1 Å². The fraction of sp³-hybridized carbons (Fsp3) is 0.571. The Morgan fingerprint density at radius 1 is 1.26 bits per heavy atom. The van der Waals surface area contributed by atoms with Crippen molar-refractivity contribution >= 4 is 33.4 Å². The number of rotatable bonds is 4. The lowest BCUT2D eigenvalue weighted by Gasteiger charge is -2.34. The van der Waals surface area contributed by atoms with Gasteiger partial charge in [0.1, 0.15) is 4.47 Å². The van der Waals surface area contributed by atoms with Crippen molar-refractivity contribution in [3.63, 3.8) is 0 Å². The summed E-state index contributed by atoms with van der Waals surface area (Å²) in [6, 6.07) is 0. The number of hydrogen-bond donors (Lipinski definition) is 1. The predicted octanol–water partition coefficient (Wildman–Crippen LogP) is 0.0355. The molecule has 126 valence electrons. The molecule has 0 aromatic carbocycles. The van der Waals surface area contributed by atoms with Gasteiger partial charge in [0.15, 0.2) is 0 Å². The van der Waals surface area contributed by atoms with Crippen LogP contribution in [0.5, 0.6) is 0 Å². The summed E-state index contributed by atoms with van der Waals surface area (Å²) in [7, 11) is 1.57. The molecule has 8 nitrogen and oxygen atoms in total. The summed E-state index contributed by atoms with van der Waals surface area (Å²) in [5, 5.41) is 6.97. The van der Waals surface area contributed by atoms with Gasteiger partial charge in [-0.15, -0.1) is 0 Å². The lowest BCUT2D eigenvalue weighted by atomic mass is 10.2. The summed E-state index contributed by atoms with van der Waals surface area (Å²) in [5.74, 6) is 0.0791. The number of amides is 2. The van der Waals surface area contributed by atoms with Crippen LogP contribution in [0.3, 0.4) is 0 Å². The van der Waals surface area contributed by atoms with Gasteiger partial charge in [-0.25, -0.2) is 4.68 Å². The third kappa shape index (κ3) is 4.31. The van der Waals surface area contributed by atoms with Gasteiger partial charge >= 0.3 is 0 Å². The Bertz CT molecular complexity index is 652. The van der Waals surface area contributed by atoms with E-state index < -0.39 is 0 Å². The van der Waals surface area contributed by atoms with Crippen LogP contribution in [-0.4, -0.2) is 64.1 Å². The number of aromatic nitrogens is 2. The highest BCUT2D eigenvalue weighted by molar-refractivity contribution is 9.10. The van der Waals surface area contributed by atoms with E-state index in [1.165, 1.54) is 11.6 Å². The first kappa shape index (κ1) is 17.5. The molecule has 2 heterocycles. The summed E-state index contributed by atoms with van der Waals surface area (Å²) < 4.78 is 1.63. The second-order valence-electron chi connectivity index (χ2n) is 5.36. The fourth-order valence-electron chi connectivity index (χ4n) is 2.37. The normalized spacial score (nSPS) is 14.7. The quantitative estimate of drug-likeness (QED) is 0.790. The maximum atomic E-state index is 12.2. The molecular weight excluding hydrogens is 366 g/mol. The average molecular weight is 386 g/mol. The molecule has 0 unspecified atom stereocenters. The number of piperazine rings is 1. The predicted molar refractivity (Wildman–Crippen MR) is 89.1 cm³/mol. The lowest BCUT2D eigenvalue weighted by molar-refractivity contribution is -0.138. The van der Waals surface area contributed by atoms with Crippen LogP contribution in [0.15, 0.2) is 15.5 Å². The van der Waals surface area contributed by atoms with Gasteiger partial charge in [-0.05, 0) is 15.9 Å². The summed E-state index contributed by atoms with van der Waals surface area (Å²) in [6.07, 6.45) is 1.86. The van der Waals surface area contributed by atoms with Crippen molar-refractivity contribution in [3.8, 4) is 0 Å². The maximum absolute atomic E-state index is 12.2. The van der Waals surface area contributed by atoms with Crippen LogP contribution < -0.4 is 10.9 Å². The molecule has 1 aromatic rings. The zero-order chi connectivity index (χ0) is 17.0. The van der Waals surface area contributed by atoms with Crippen LogP contribution in [0, 0.1) is 0 Å². The van der Waals surface area contributed by atoms with Crippen molar-refractivity contribution in [1.29, 1.82) is 0 Å². The number of carbonyl (C=O) groups is 2. The van der Waals surface area contributed by atoms with Crippen LogP contribution in [0.4, 0.5) is 5.69 Å². The zero-order valence-corrected chi connectivity index (χ0v) is 14.8. The monoisotopic (exact) mass is 385 g/mol. The Labute approximate surface area is 142 Å². The number of hydrogen-bond acceptors (Lipinski definition) is 5. The lowest BCUT2D eigenvalue weighted by Crippen LogP contribution is -2.50. The second-order valence-corrected chi connectivity index (χ2v) is 6.16. The van der Waals surface area contributed by atoms with E-state index in [9.17, 15) is 14.4 Å². The molecule has 0 bridgehead atoms. The molecule has 0 saturated carbocycles. The number of carbonyl (C=O) groups excluding carboxylic acids is 2. The van der Waals surface area contributed by atoms with Crippen molar-refractivity contribution in [3.05, 3.63) is 21.0 Å². The van der Waals surface area contributed by atoms with Crippen molar-refractivity contribution < 1.29 is 9.59 Å². The third-order valence-electron chi connectivity index (χ3n) is 3.81. The van der Waals surface area contributed by atoms with Gasteiger partial charge in [-0.1, -0.05) is 0 Å². The molecule has 9 heteroatoms. The summed E-state index contributed by atoms with van der Waals surface area (Å²) in [6.45, 7) is 4.25. The number of nitrogens with one attached hydrogen (secondary N) is 1. The van der Waals surface area contributed by atoms with Crippen molar-refractivity contribution in [2.75, 3.05) is 38.0 Å². The van der Waals surface area contributed by atoms with Crippen LogP contribution >= 0.6 is 15.9 Å². The van der Waals surface area contributed by atoms with E-state index in [1.807, 2.05) is 0 Å². The Morgan fingerprint density at radius 2 is 1.87 bits per heavy atom. The Balaban J connectivity index is 1.81. The molecule has 1 N–H and O–H groups in total. The summed E-state index contributed by atoms with van der Waals surface area (Å²) in [5.41, 5.74) is 0.337. The molecule has 0 radical (unpaired) electrons. The Hall–Kier alpha value is -1.90. The molecule has 2 amide bonds. The minimum atomic E-state index is -0.235. The summed E-state index contributed by atoms with van der Waals surface area (Å²) >= 11 is 3.23.